The first-order chi connectivity index (χ1) is 22.1. The van der Waals surface area contributed by atoms with E-state index in [9.17, 15) is 46.4 Å². The maximum atomic E-state index is 13.5. The van der Waals surface area contributed by atoms with Crippen LogP contribution < -0.4 is 15.4 Å². The van der Waals surface area contributed by atoms with Gasteiger partial charge in [0, 0.05) is 12.1 Å². The van der Waals surface area contributed by atoms with Crippen LogP contribution in [0.2, 0.25) is 0 Å². The molecule has 1 unspecified atom stereocenters. The largest absolute Gasteiger partial charge is 0.466 e. The number of nitrogens with two attached hydrogens (primary N) is 1. The minimum absolute atomic E-state index is 0.129. The lowest BCUT2D eigenvalue weighted by atomic mass is 9.80. The molecule has 0 saturated heterocycles. The molecule has 0 saturated carbocycles. The molecule has 4 N–H and O–H groups in total. The van der Waals surface area contributed by atoms with Gasteiger partial charge in [-0.2, -0.15) is 13.7 Å². The lowest BCUT2D eigenvalue weighted by molar-refractivity contribution is -0.385. The Labute approximate surface area is 268 Å². The summed E-state index contributed by atoms with van der Waals surface area (Å²) in [4.78, 5) is 36.6. The molecule has 1 aliphatic rings. The molecule has 0 amide bonds. The van der Waals surface area contributed by atoms with Gasteiger partial charge in [-0.05, 0) is 36.2 Å². The number of rotatable bonds is 9. The summed E-state index contributed by atoms with van der Waals surface area (Å²) >= 11 is 0. The smallest absolute Gasteiger partial charge is 0.355 e. The first kappa shape index (κ1) is 34.1. The third-order valence-electron chi connectivity index (χ3n) is 7.09. The van der Waals surface area contributed by atoms with Crippen LogP contribution in [0.25, 0.3) is 0 Å². The Morgan fingerprint density at radius 2 is 1.64 bits per heavy atom. The number of carbonyl (C=O) groups is 2. The monoisotopic (exact) mass is 683 g/mol. The first-order valence-electron chi connectivity index (χ1n) is 13.1. The van der Waals surface area contributed by atoms with Crippen LogP contribution in [0.5, 0.6) is 0 Å². The van der Waals surface area contributed by atoms with Crippen LogP contribution in [-0.4, -0.2) is 52.5 Å². The highest BCUT2D eigenvalue weighted by Gasteiger charge is 2.43. The molecular formula is C29H25N5O11S2. The SMILES string of the molecule is COC(=O)C1=C(C(=O)OC)N(c2cc(S(=O)(=O)O)cc(NS(=O)(=O)c3cccc([N+](=O)[O-])c3)c2C)C(N)=C(C#N)C1c1ccccc1. The van der Waals surface area contributed by atoms with Gasteiger partial charge in [-0.3, -0.25) is 24.3 Å². The zero-order valence-electron chi connectivity index (χ0n) is 24.7. The number of nitriles is 1. The number of hydrogen-bond donors (Lipinski definition) is 3. The molecule has 16 nitrogen and oxygen atoms in total. The van der Waals surface area contributed by atoms with Crippen LogP contribution >= 0.6 is 0 Å². The van der Waals surface area contributed by atoms with Gasteiger partial charge in [-0.1, -0.05) is 36.4 Å². The number of allylic oxidation sites excluding steroid dienone is 1. The number of nitrogens with one attached hydrogen (secondary N) is 1. The summed E-state index contributed by atoms with van der Waals surface area (Å²) in [5, 5.41) is 21.5. The van der Waals surface area contributed by atoms with E-state index in [1.165, 1.54) is 6.92 Å². The molecule has 1 atom stereocenters. The highest BCUT2D eigenvalue weighted by molar-refractivity contribution is 7.92. The second-order valence-electron chi connectivity index (χ2n) is 9.79. The number of nitro groups is 1. The average molecular weight is 684 g/mol. The molecule has 1 aliphatic heterocycles. The Morgan fingerprint density at radius 1 is 1.00 bits per heavy atom. The summed E-state index contributed by atoms with van der Waals surface area (Å²) < 4.78 is 73.7. The molecule has 0 aromatic heterocycles. The number of anilines is 2. The standard InChI is InChI=1S/C29H25N5O11S2/c1-16-22(32-46(39,40)19-11-7-10-18(12-19)34(37)38)13-20(47(41,42)43)14-23(16)33-26(29(36)45-3)25(28(35)44-2)24(21(15-30)27(33)31)17-8-5-4-6-9-17/h4-14,24,32H,31H2,1-3H3,(H,41,42,43). The van der Waals surface area contributed by atoms with Crippen LogP contribution in [0.4, 0.5) is 17.1 Å². The number of methoxy groups -OCH3 is 2. The van der Waals surface area contributed by atoms with Gasteiger partial charge in [-0.25, -0.2) is 18.0 Å². The van der Waals surface area contributed by atoms with E-state index in [4.69, 9.17) is 15.2 Å². The summed E-state index contributed by atoms with van der Waals surface area (Å²) in [5.74, 6) is -4.00. The molecule has 244 valence electrons. The van der Waals surface area contributed by atoms with E-state index in [1.807, 2.05) is 6.07 Å². The number of carbonyl (C=O) groups excluding carboxylic acids is 2. The van der Waals surface area contributed by atoms with E-state index >= 15 is 0 Å². The van der Waals surface area contributed by atoms with Gasteiger partial charge in [-0.15, -0.1) is 0 Å². The van der Waals surface area contributed by atoms with Gasteiger partial charge < -0.3 is 15.2 Å². The second kappa shape index (κ2) is 12.9. The third kappa shape index (κ3) is 6.48. The van der Waals surface area contributed by atoms with Gasteiger partial charge >= 0.3 is 11.9 Å². The zero-order chi connectivity index (χ0) is 34.8. The van der Waals surface area contributed by atoms with E-state index in [0.717, 1.165) is 55.5 Å². The highest BCUT2D eigenvalue weighted by Crippen LogP contribution is 2.45. The molecule has 3 aromatic carbocycles. The summed E-state index contributed by atoms with van der Waals surface area (Å²) in [6.45, 7) is 1.28. The first-order valence-corrected chi connectivity index (χ1v) is 16.0. The van der Waals surface area contributed by atoms with Crippen molar-refractivity contribution < 1.29 is 45.4 Å². The minimum atomic E-state index is -5.11. The molecule has 1 heterocycles. The van der Waals surface area contributed by atoms with Crippen molar-refractivity contribution in [2.75, 3.05) is 23.8 Å². The van der Waals surface area contributed by atoms with Crippen molar-refractivity contribution in [3.8, 4) is 6.07 Å². The summed E-state index contributed by atoms with van der Waals surface area (Å²) in [6, 6.07) is 15.5. The average Bonchev–Trinajstić information content (AvgIpc) is 3.04. The molecule has 47 heavy (non-hydrogen) atoms. The minimum Gasteiger partial charge on any atom is -0.466 e. The summed E-state index contributed by atoms with van der Waals surface area (Å²) in [5.41, 5.74) is 3.99. The molecule has 0 aliphatic carbocycles. The number of non-ortho nitro benzene ring substituents is 1. The van der Waals surface area contributed by atoms with E-state index in [0.29, 0.717) is 5.56 Å². The predicted molar refractivity (Wildman–Crippen MR) is 164 cm³/mol. The Morgan fingerprint density at radius 3 is 2.19 bits per heavy atom. The lowest BCUT2D eigenvalue weighted by Gasteiger charge is -2.37. The van der Waals surface area contributed by atoms with Gasteiger partial charge in [0.2, 0.25) is 0 Å². The molecule has 0 radical (unpaired) electrons. The Hall–Kier alpha value is -5.77. The van der Waals surface area contributed by atoms with E-state index < -0.39 is 81.2 Å². The van der Waals surface area contributed by atoms with Gasteiger partial charge in [0.15, 0.2) is 0 Å². The second-order valence-corrected chi connectivity index (χ2v) is 12.9. The molecule has 18 heteroatoms. The predicted octanol–water partition coefficient (Wildman–Crippen LogP) is 2.85. The molecule has 0 spiro atoms. The van der Waals surface area contributed by atoms with Crippen molar-refractivity contribution in [2.45, 2.75) is 22.6 Å². The number of nitro benzene ring substituents is 1. The molecule has 3 aromatic rings. The van der Waals surface area contributed by atoms with Crippen LogP contribution in [0.3, 0.4) is 0 Å². The third-order valence-corrected chi connectivity index (χ3v) is 9.28. The fourth-order valence-corrected chi connectivity index (χ4v) is 6.57. The fourth-order valence-electron chi connectivity index (χ4n) is 4.89. The van der Waals surface area contributed by atoms with Crippen LogP contribution in [0.1, 0.15) is 17.0 Å². The van der Waals surface area contributed by atoms with Gasteiger partial charge in [0.1, 0.15) is 11.5 Å². The van der Waals surface area contributed by atoms with Crippen LogP contribution in [0, 0.1) is 28.4 Å². The highest BCUT2D eigenvalue weighted by atomic mass is 32.2. The lowest BCUT2D eigenvalue weighted by Crippen LogP contribution is -2.41. The zero-order valence-corrected chi connectivity index (χ0v) is 26.3. The van der Waals surface area contributed by atoms with Crippen LogP contribution in [-0.2, 0) is 39.2 Å². The fraction of sp³-hybridized carbons (Fsp3) is 0.138. The number of hydrogen-bond acceptors (Lipinski definition) is 13. The van der Waals surface area contributed by atoms with E-state index in [-0.39, 0.29) is 16.8 Å². The Kier molecular flexibility index (Phi) is 9.38. The maximum Gasteiger partial charge on any atom is 0.355 e. The van der Waals surface area contributed by atoms with Crippen LogP contribution in [0.15, 0.2) is 99.2 Å². The molecule has 4 rings (SSSR count). The number of ether oxygens (including phenoxy) is 2. The number of nitrogens with zero attached hydrogens (tertiary/aromatic N) is 3. The Bertz CT molecular complexity index is 2140. The number of esters is 2. The maximum absolute atomic E-state index is 13.5. The topological polar surface area (TPSA) is 249 Å². The van der Waals surface area contributed by atoms with Gasteiger partial charge in [0.25, 0.3) is 25.8 Å². The molecular weight excluding hydrogens is 658 g/mol. The number of benzene rings is 3. The quantitative estimate of drug-likeness (QED) is 0.127. The van der Waals surface area contributed by atoms with E-state index in [2.05, 4.69) is 4.72 Å². The summed E-state index contributed by atoms with van der Waals surface area (Å²) in [6.07, 6.45) is 0. The van der Waals surface area contributed by atoms with E-state index in [1.54, 1.807) is 30.3 Å². The molecule has 0 fully saturated rings. The Balaban J connectivity index is 2.08. The van der Waals surface area contributed by atoms with Crippen molar-refractivity contribution >= 4 is 49.1 Å². The normalized spacial score (nSPS) is 15.1. The van der Waals surface area contributed by atoms with Crippen molar-refractivity contribution in [1.82, 2.24) is 0 Å². The molecule has 0 bridgehead atoms. The number of sulfonamides is 1. The van der Waals surface area contributed by atoms with Crippen molar-refractivity contribution in [2.24, 2.45) is 5.73 Å². The van der Waals surface area contributed by atoms with Crippen molar-refractivity contribution in [3.63, 3.8) is 0 Å². The van der Waals surface area contributed by atoms with Crippen molar-refractivity contribution in [1.29, 1.82) is 5.26 Å². The van der Waals surface area contributed by atoms with Gasteiger partial charge in [0.05, 0.1) is 63.4 Å². The van der Waals surface area contributed by atoms with Crippen molar-refractivity contribution in [3.05, 3.63) is 111 Å². The summed E-state index contributed by atoms with van der Waals surface area (Å²) in [7, 11) is -7.76.